The van der Waals surface area contributed by atoms with Gasteiger partial charge in [0.05, 0.1) is 11.4 Å². The second-order valence-corrected chi connectivity index (χ2v) is 2.31. The largest absolute Gasteiger partial charge is 0.268 e. The molecular weight excluding hydrogens is 150 g/mol. The fourth-order valence-corrected chi connectivity index (χ4v) is 0.952. The van der Waals surface area contributed by atoms with Gasteiger partial charge in [-0.05, 0) is 18.2 Å². The first-order valence-corrected chi connectivity index (χ1v) is 3.63. The number of hydrogen-bond donors (Lipinski definition) is 1. The Labute approximate surface area is 70.1 Å². The molecule has 2 heterocycles. The molecule has 0 aromatic carbocycles. The summed E-state index contributed by atoms with van der Waals surface area (Å²) >= 11 is 0. The summed E-state index contributed by atoms with van der Waals surface area (Å²) < 4.78 is 0. The molecule has 0 atom stereocenters. The summed E-state index contributed by atoms with van der Waals surface area (Å²) in [6.45, 7) is 0. The second kappa shape index (κ2) is 3.03. The number of hydrazone groups is 1. The normalized spacial score (nSPS) is 13.8. The molecule has 1 aromatic rings. The van der Waals surface area contributed by atoms with E-state index in [1.807, 2.05) is 24.3 Å². The van der Waals surface area contributed by atoms with Crippen molar-refractivity contribution in [1.29, 1.82) is 0 Å². The Balaban J connectivity index is 2.34. The lowest BCUT2D eigenvalue weighted by Crippen LogP contribution is -2.06. The lowest BCUT2D eigenvalue weighted by atomic mass is 10.2. The average molecular weight is 157 g/mol. The highest BCUT2D eigenvalue weighted by atomic mass is 15.3. The zero-order valence-electron chi connectivity index (χ0n) is 6.36. The molecule has 1 N–H and O–H groups in total. The highest BCUT2D eigenvalue weighted by Gasteiger charge is 2.00. The Hall–Kier alpha value is -1.86. The molecule has 2 rings (SSSR count). The molecule has 3 heteroatoms. The van der Waals surface area contributed by atoms with Gasteiger partial charge in [-0.15, -0.1) is 5.10 Å². The molecule has 0 bridgehead atoms. The Kier molecular flexibility index (Phi) is 1.72. The quantitative estimate of drug-likeness (QED) is 0.664. The lowest BCUT2D eigenvalue weighted by molar-refractivity contribution is 0.982. The average Bonchev–Trinajstić information content (AvgIpc) is 2.21. The van der Waals surface area contributed by atoms with E-state index in [1.54, 1.807) is 12.3 Å². The van der Waals surface area contributed by atoms with Crippen LogP contribution >= 0.6 is 0 Å². The van der Waals surface area contributed by atoms with Crippen molar-refractivity contribution < 1.29 is 0 Å². The molecule has 58 valence electrons. The van der Waals surface area contributed by atoms with Crippen molar-refractivity contribution in [3.63, 3.8) is 0 Å². The first kappa shape index (κ1) is 6.83. The van der Waals surface area contributed by atoms with E-state index in [2.05, 4.69) is 21.4 Å². The van der Waals surface area contributed by atoms with Gasteiger partial charge in [0.1, 0.15) is 0 Å². The smallest absolute Gasteiger partial charge is 0.0880 e. The molecular formula is C9H7N3. The van der Waals surface area contributed by atoms with Crippen LogP contribution in [0.2, 0.25) is 0 Å². The van der Waals surface area contributed by atoms with Gasteiger partial charge in [-0.1, -0.05) is 6.07 Å². The van der Waals surface area contributed by atoms with Crippen LogP contribution in [-0.4, -0.2) is 10.9 Å². The topological polar surface area (TPSA) is 37.3 Å². The molecule has 0 fully saturated rings. The van der Waals surface area contributed by atoms with Crippen molar-refractivity contribution >= 4 is 11.6 Å². The van der Waals surface area contributed by atoms with E-state index >= 15 is 0 Å². The predicted molar refractivity (Wildman–Crippen MR) is 47.4 cm³/mol. The number of rotatable bonds is 1. The van der Waals surface area contributed by atoms with Crippen LogP contribution in [0.4, 0.5) is 0 Å². The molecule has 1 aliphatic rings. The second-order valence-electron chi connectivity index (χ2n) is 2.31. The van der Waals surface area contributed by atoms with Gasteiger partial charge in [-0.2, -0.15) is 0 Å². The number of pyridine rings is 1. The third-order valence-electron chi connectivity index (χ3n) is 1.51. The van der Waals surface area contributed by atoms with Crippen LogP contribution in [0.25, 0.3) is 5.70 Å². The molecule has 0 radical (unpaired) electrons. The zero-order valence-corrected chi connectivity index (χ0v) is 6.36. The van der Waals surface area contributed by atoms with Crippen molar-refractivity contribution in [2.45, 2.75) is 0 Å². The van der Waals surface area contributed by atoms with E-state index in [9.17, 15) is 0 Å². The van der Waals surface area contributed by atoms with E-state index in [-0.39, 0.29) is 0 Å². The Bertz CT molecular complexity index is 359. The van der Waals surface area contributed by atoms with Gasteiger partial charge in [0.25, 0.3) is 0 Å². The molecule has 0 saturated heterocycles. The summed E-state index contributed by atoms with van der Waals surface area (Å²) in [6, 6.07) is 5.74. The summed E-state index contributed by atoms with van der Waals surface area (Å²) in [4.78, 5) is 4.16. The van der Waals surface area contributed by atoms with Gasteiger partial charge in [-0.25, -0.2) is 0 Å². The zero-order chi connectivity index (χ0) is 8.23. The molecule has 1 aromatic heterocycles. The van der Waals surface area contributed by atoms with Gasteiger partial charge < -0.3 is 0 Å². The van der Waals surface area contributed by atoms with Crippen LogP contribution in [0, 0.1) is 0 Å². The first-order valence-electron chi connectivity index (χ1n) is 3.63. The summed E-state index contributed by atoms with van der Waals surface area (Å²) in [5, 5.41) is 3.77. The number of nitrogens with one attached hydrogen (secondary N) is 1. The number of aromatic nitrogens is 1. The van der Waals surface area contributed by atoms with Crippen LogP contribution in [0.3, 0.4) is 0 Å². The fourth-order valence-electron chi connectivity index (χ4n) is 0.952. The van der Waals surface area contributed by atoms with Crippen LogP contribution in [0.1, 0.15) is 5.69 Å². The molecule has 0 amide bonds. The van der Waals surface area contributed by atoms with Crippen LogP contribution in [0.5, 0.6) is 0 Å². The van der Waals surface area contributed by atoms with Gasteiger partial charge in [0.2, 0.25) is 0 Å². The minimum absolute atomic E-state index is 0.888. The molecule has 0 aliphatic carbocycles. The van der Waals surface area contributed by atoms with E-state index in [0.29, 0.717) is 0 Å². The summed E-state index contributed by atoms with van der Waals surface area (Å²) in [6.07, 6.45) is 5.38. The summed E-state index contributed by atoms with van der Waals surface area (Å²) in [7, 11) is 0. The highest BCUT2D eigenvalue weighted by molar-refractivity contribution is 5.70. The van der Waals surface area contributed by atoms with Gasteiger partial charge in [0.15, 0.2) is 0 Å². The standard InChI is InChI=1S/C9H7N3/c1-2-6-10-8(4-1)9-5-3-7-11-12-9/h1-6,12H. The molecule has 0 unspecified atom stereocenters. The molecule has 0 saturated carbocycles. The molecule has 3 nitrogen and oxygen atoms in total. The van der Waals surface area contributed by atoms with Crippen LogP contribution in [0.15, 0.2) is 41.6 Å². The van der Waals surface area contributed by atoms with E-state index in [1.165, 1.54) is 0 Å². The molecule has 12 heavy (non-hydrogen) atoms. The van der Waals surface area contributed by atoms with Crippen molar-refractivity contribution in [1.82, 2.24) is 10.4 Å². The van der Waals surface area contributed by atoms with E-state index in [4.69, 9.17) is 0 Å². The predicted octanol–water partition coefficient (Wildman–Crippen LogP) is 1.17. The van der Waals surface area contributed by atoms with Gasteiger partial charge in [0, 0.05) is 18.1 Å². The van der Waals surface area contributed by atoms with Crippen molar-refractivity contribution in [3.05, 3.63) is 42.2 Å². The maximum atomic E-state index is 4.16. The Morgan fingerprint density at radius 1 is 1.33 bits per heavy atom. The lowest BCUT2D eigenvalue weighted by Gasteiger charge is -2.04. The number of hydrogen-bond acceptors (Lipinski definition) is 3. The van der Waals surface area contributed by atoms with Crippen molar-refractivity contribution in [3.8, 4) is 0 Å². The van der Waals surface area contributed by atoms with Crippen LogP contribution < -0.4 is 5.43 Å². The summed E-state index contributed by atoms with van der Waals surface area (Å²) in [5.41, 5.74) is 4.60. The highest BCUT2D eigenvalue weighted by Crippen LogP contribution is 2.07. The third kappa shape index (κ3) is 1.26. The van der Waals surface area contributed by atoms with Gasteiger partial charge in [-0.3, -0.25) is 10.4 Å². The molecule has 1 aliphatic heterocycles. The number of allylic oxidation sites excluding steroid dienone is 2. The van der Waals surface area contributed by atoms with Crippen molar-refractivity contribution in [2.24, 2.45) is 5.10 Å². The fraction of sp³-hybridized carbons (Fsp3) is 0. The maximum Gasteiger partial charge on any atom is 0.0880 e. The maximum absolute atomic E-state index is 4.16. The first-order chi connectivity index (χ1) is 5.97. The SMILES string of the molecule is C1=CC=C(c2ccccn2)NN=1. The minimum Gasteiger partial charge on any atom is -0.268 e. The third-order valence-corrected chi connectivity index (χ3v) is 1.51. The number of nitrogens with zero attached hydrogens (tertiary/aromatic N) is 2. The Morgan fingerprint density at radius 3 is 3.00 bits per heavy atom. The molecule has 0 spiro atoms. The Morgan fingerprint density at radius 2 is 2.33 bits per heavy atom. The van der Waals surface area contributed by atoms with Crippen molar-refractivity contribution in [2.75, 3.05) is 0 Å². The summed E-state index contributed by atoms with van der Waals surface area (Å²) in [5.74, 6) is 2.67. The van der Waals surface area contributed by atoms with E-state index in [0.717, 1.165) is 11.4 Å². The van der Waals surface area contributed by atoms with Crippen LogP contribution in [-0.2, 0) is 0 Å². The monoisotopic (exact) mass is 157 g/mol. The minimum atomic E-state index is 0.888. The van der Waals surface area contributed by atoms with E-state index < -0.39 is 0 Å². The van der Waals surface area contributed by atoms with Gasteiger partial charge >= 0.3 is 0 Å².